The molecular formula is C19H22N4O2. The number of para-hydroxylation sites is 1. The van der Waals surface area contributed by atoms with Gasteiger partial charge in [-0.15, -0.1) is 0 Å². The minimum absolute atomic E-state index is 0.0267. The summed E-state index contributed by atoms with van der Waals surface area (Å²) in [5.74, 6) is 0.457. The van der Waals surface area contributed by atoms with Gasteiger partial charge in [0.05, 0.1) is 0 Å². The Balaban J connectivity index is 1.49. The number of anilines is 2. The van der Waals surface area contributed by atoms with Crippen molar-refractivity contribution in [2.45, 2.75) is 19.8 Å². The maximum atomic E-state index is 12.4. The molecule has 2 aromatic rings. The third kappa shape index (κ3) is 4.56. The zero-order valence-electron chi connectivity index (χ0n) is 14.2. The second-order valence-electron chi connectivity index (χ2n) is 6.27. The van der Waals surface area contributed by atoms with Gasteiger partial charge in [-0.3, -0.25) is 4.79 Å². The molecule has 130 valence electrons. The summed E-state index contributed by atoms with van der Waals surface area (Å²) < 4.78 is 0. The summed E-state index contributed by atoms with van der Waals surface area (Å²) >= 11 is 0. The Bertz CT molecular complexity index is 740. The molecule has 0 bridgehead atoms. The van der Waals surface area contributed by atoms with Gasteiger partial charge in [0.1, 0.15) is 5.82 Å². The van der Waals surface area contributed by atoms with Crippen molar-refractivity contribution in [3.8, 4) is 0 Å². The number of rotatable bonds is 3. The van der Waals surface area contributed by atoms with E-state index in [-0.39, 0.29) is 17.9 Å². The van der Waals surface area contributed by atoms with Gasteiger partial charge in [0.25, 0.3) is 0 Å². The predicted molar refractivity (Wildman–Crippen MR) is 97.4 cm³/mol. The SMILES string of the molecule is Cc1ccnc(NC(=O)C2CCN(C(=O)Nc3ccccc3)CC2)c1. The van der Waals surface area contributed by atoms with E-state index in [0.717, 1.165) is 11.3 Å². The molecule has 1 aromatic carbocycles. The standard InChI is InChI=1S/C19H22N4O2/c1-14-7-10-20-17(13-14)22-18(24)15-8-11-23(12-9-15)19(25)21-16-5-3-2-4-6-16/h2-7,10,13,15H,8-9,11-12H2,1H3,(H,21,25)(H,20,22,24). The van der Waals surface area contributed by atoms with E-state index in [0.29, 0.717) is 31.7 Å². The molecule has 1 aliphatic heterocycles. The van der Waals surface area contributed by atoms with Crippen molar-refractivity contribution in [3.05, 3.63) is 54.2 Å². The van der Waals surface area contributed by atoms with Crippen molar-refractivity contribution in [2.75, 3.05) is 23.7 Å². The number of benzene rings is 1. The van der Waals surface area contributed by atoms with Crippen LogP contribution < -0.4 is 10.6 Å². The van der Waals surface area contributed by atoms with Crippen LogP contribution in [0.25, 0.3) is 0 Å². The number of hydrogen-bond donors (Lipinski definition) is 2. The molecule has 3 rings (SSSR count). The molecule has 6 heteroatoms. The van der Waals surface area contributed by atoms with E-state index in [9.17, 15) is 9.59 Å². The molecule has 0 aliphatic carbocycles. The van der Waals surface area contributed by atoms with E-state index in [4.69, 9.17) is 0 Å². The normalized spacial score (nSPS) is 14.8. The van der Waals surface area contributed by atoms with Crippen LogP contribution in [0.3, 0.4) is 0 Å². The number of urea groups is 1. The zero-order valence-corrected chi connectivity index (χ0v) is 14.2. The third-order valence-electron chi connectivity index (χ3n) is 4.34. The van der Waals surface area contributed by atoms with Crippen LogP contribution in [0, 0.1) is 12.8 Å². The summed E-state index contributed by atoms with van der Waals surface area (Å²) in [4.78, 5) is 30.6. The fourth-order valence-electron chi connectivity index (χ4n) is 2.90. The second-order valence-corrected chi connectivity index (χ2v) is 6.27. The van der Waals surface area contributed by atoms with Crippen LogP contribution in [-0.2, 0) is 4.79 Å². The maximum Gasteiger partial charge on any atom is 0.321 e. The van der Waals surface area contributed by atoms with E-state index in [1.807, 2.05) is 49.4 Å². The fourth-order valence-corrected chi connectivity index (χ4v) is 2.90. The van der Waals surface area contributed by atoms with E-state index in [1.54, 1.807) is 11.1 Å². The highest BCUT2D eigenvalue weighted by Gasteiger charge is 2.27. The molecule has 1 saturated heterocycles. The van der Waals surface area contributed by atoms with E-state index in [2.05, 4.69) is 15.6 Å². The van der Waals surface area contributed by atoms with Gasteiger partial charge in [-0.05, 0) is 49.6 Å². The number of hydrogen-bond acceptors (Lipinski definition) is 3. The van der Waals surface area contributed by atoms with Crippen molar-refractivity contribution < 1.29 is 9.59 Å². The lowest BCUT2D eigenvalue weighted by Crippen LogP contribution is -2.43. The van der Waals surface area contributed by atoms with Gasteiger partial charge in [0.15, 0.2) is 0 Å². The van der Waals surface area contributed by atoms with E-state index >= 15 is 0 Å². The van der Waals surface area contributed by atoms with Crippen molar-refractivity contribution in [2.24, 2.45) is 5.92 Å². The number of aromatic nitrogens is 1. The molecule has 1 aliphatic rings. The van der Waals surface area contributed by atoms with Gasteiger partial charge in [-0.2, -0.15) is 0 Å². The van der Waals surface area contributed by atoms with Crippen LogP contribution in [0.2, 0.25) is 0 Å². The molecular weight excluding hydrogens is 316 g/mol. The highest BCUT2D eigenvalue weighted by molar-refractivity contribution is 5.92. The summed E-state index contributed by atoms with van der Waals surface area (Å²) in [5.41, 5.74) is 1.83. The number of carbonyl (C=O) groups excluding carboxylic acids is 2. The molecule has 3 amide bonds. The molecule has 25 heavy (non-hydrogen) atoms. The fraction of sp³-hybridized carbons (Fsp3) is 0.316. The Kier molecular flexibility index (Phi) is 5.28. The molecule has 2 N–H and O–H groups in total. The topological polar surface area (TPSA) is 74.3 Å². The third-order valence-corrected chi connectivity index (χ3v) is 4.34. The smallest absolute Gasteiger partial charge is 0.321 e. The lowest BCUT2D eigenvalue weighted by atomic mass is 9.96. The average Bonchev–Trinajstić information content (AvgIpc) is 2.62. The predicted octanol–water partition coefficient (Wildman–Crippen LogP) is 3.27. The highest BCUT2D eigenvalue weighted by atomic mass is 16.2. The molecule has 2 heterocycles. The van der Waals surface area contributed by atoms with Crippen LogP contribution in [0.5, 0.6) is 0 Å². The molecule has 0 atom stereocenters. The van der Waals surface area contributed by atoms with Crippen molar-refractivity contribution >= 4 is 23.4 Å². The van der Waals surface area contributed by atoms with Gasteiger partial charge in [0.2, 0.25) is 5.91 Å². The summed E-state index contributed by atoms with van der Waals surface area (Å²) in [7, 11) is 0. The first kappa shape index (κ1) is 17.0. The van der Waals surface area contributed by atoms with Crippen molar-refractivity contribution in [1.29, 1.82) is 0 Å². The maximum absolute atomic E-state index is 12.4. The largest absolute Gasteiger partial charge is 0.324 e. The number of nitrogens with one attached hydrogen (secondary N) is 2. The van der Waals surface area contributed by atoms with Gasteiger partial charge in [-0.25, -0.2) is 9.78 Å². The van der Waals surface area contributed by atoms with Crippen molar-refractivity contribution in [1.82, 2.24) is 9.88 Å². The minimum Gasteiger partial charge on any atom is -0.324 e. The summed E-state index contributed by atoms with van der Waals surface area (Å²) in [6.07, 6.45) is 2.99. The van der Waals surface area contributed by atoms with Crippen LogP contribution in [0.1, 0.15) is 18.4 Å². The number of nitrogens with zero attached hydrogens (tertiary/aromatic N) is 2. The first-order valence-electron chi connectivity index (χ1n) is 8.46. The number of piperidine rings is 1. The monoisotopic (exact) mass is 338 g/mol. The Morgan fingerprint density at radius 1 is 1.08 bits per heavy atom. The molecule has 6 nitrogen and oxygen atoms in total. The number of carbonyl (C=O) groups is 2. The Morgan fingerprint density at radius 3 is 2.48 bits per heavy atom. The Hall–Kier alpha value is -2.89. The number of aryl methyl sites for hydroxylation is 1. The van der Waals surface area contributed by atoms with Crippen LogP contribution in [-0.4, -0.2) is 34.9 Å². The molecule has 0 radical (unpaired) electrons. The zero-order chi connectivity index (χ0) is 17.6. The second kappa shape index (κ2) is 7.79. The summed E-state index contributed by atoms with van der Waals surface area (Å²) in [6, 6.07) is 13.0. The lowest BCUT2D eigenvalue weighted by Gasteiger charge is -2.31. The van der Waals surface area contributed by atoms with Gasteiger partial charge >= 0.3 is 6.03 Å². The first-order chi connectivity index (χ1) is 12.1. The first-order valence-corrected chi connectivity index (χ1v) is 8.46. The molecule has 0 saturated carbocycles. The van der Waals surface area contributed by atoms with Gasteiger partial charge in [0, 0.05) is 30.9 Å². The quantitative estimate of drug-likeness (QED) is 0.902. The number of amides is 3. The molecule has 0 spiro atoms. The summed E-state index contributed by atoms with van der Waals surface area (Å²) in [5, 5.41) is 5.75. The van der Waals surface area contributed by atoms with Crippen LogP contribution in [0.15, 0.2) is 48.7 Å². The molecule has 1 aromatic heterocycles. The Labute approximate surface area is 147 Å². The average molecular weight is 338 g/mol. The van der Waals surface area contributed by atoms with E-state index < -0.39 is 0 Å². The lowest BCUT2D eigenvalue weighted by molar-refractivity contribution is -0.121. The van der Waals surface area contributed by atoms with Crippen LogP contribution >= 0.6 is 0 Å². The minimum atomic E-state index is -0.120. The van der Waals surface area contributed by atoms with Gasteiger partial charge in [-0.1, -0.05) is 18.2 Å². The number of pyridine rings is 1. The molecule has 1 fully saturated rings. The molecule has 0 unspecified atom stereocenters. The Morgan fingerprint density at radius 2 is 1.80 bits per heavy atom. The van der Waals surface area contributed by atoms with E-state index in [1.165, 1.54) is 0 Å². The summed E-state index contributed by atoms with van der Waals surface area (Å²) in [6.45, 7) is 3.09. The van der Waals surface area contributed by atoms with Crippen molar-refractivity contribution in [3.63, 3.8) is 0 Å². The highest BCUT2D eigenvalue weighted by Crippen LogP contribution is 2.20. The van der Waals surface area contributed by atoms with Crippen LogP contribution in [0.4, 0.5) is 16.3 Å². The number of likely N-dealkylation sites (tertiary alicyclic amines) is 1. The van der Waals surface area contributed by atoms with Gasteiger partial charge < -0.3 is 15.5 Å².